The van der Waals surface area contributed by atoms with Gasteiger partial charge in [-0.3, -0.25) is 14.9 Å². The number of hydrogen-bond acceptors (Lipinski definition) is 4. The average molecular weight is 463 g/mol. The number of nitrogens with zero attached hydrogens (tertiary/aromatic N) is 2. The highest BCUT2D eigenvalue weighted by Gasteiger charge is 2.14. The first-order valence-electron chi connectivity index (χ1n) is 10.8. The minimum Gasteiger partial charge on any atom is -0.322 e. The maximum Gasteiger partial charge on any atom is 0.269 e. The van der Waals surface area contributed by atoms with Crippen LogP contribution < -0.4 is 5.32 Å². The van der Waals surface area contributed by atoms with Crippen molar-refractivity contribution in [2.45, 2.75) is 0 Å². The summed E-state index contributed by atoms with van der Waals surface area (Å²) in [5.74, 6) is -0.701. The van der Waals surface area contributed by atoms with Crippen LogP contribution in [0, 0.1) is 15.9 Å². The van der Waals surface area contributed by atoms with Crippen LogP contribution in [0.5, 0.6) is 0 Å². The molecule has 4 aromatic carbocycles. The van der Waals surface area contributed by atoms with Gasteiger partial charge in [-0.25, -0.2) is 9.37 Å². The van der Waals surface area contributed by atoms with Gasteiger partial charge in [0.25, 0.3) is 11.6 Å². The third-order valence-electron chi connectivity index (χ3n) is 5.63. The minimum absolute atomic E-state index is 0.00892. The fraction of sp³-hybridized carbons (Fsp3) is 0. The van der Waals surface area contributed by atoms with Gasteiger partial charge in [-0.1, -0.05) is 30.3 Å². The van der Waals surface area contributed by atoms with Gasteiger partial charge >= 0.3 is 0 Å². The number of pyridine rings is 1. The molecule has 1 amide bonds. The second-order valence-electron chi connectivity index (χ2n) is 7.92. The molecule has 1 aromatic heterocycles. The Labute approximate surface area is 199 Å². The van der Waals surface area contributed by atoms with E-state index in [0.29, 0.717) is 22.5 Å². The highest BCUT2D eigenvalue weighted by atomic mass is 19.1. The molecule has 0 radical (unpaired) electrons. The summed E-state index contributed by atoms with van der Waals surface area (Å²) in [6.45, 7) is 0. The van der Waals surface area contributed by atoms with Gasteiger partial charge < -0.3 is 5.32 Å². The van der Waals surface area contributed by atoms with Gasteiger partial charge in [0.15, 0.2) is 0 Å². The number of anilines is 1. The van der Waals surface area contributed by atoms with Gasteiger partial charge in [0, 0.05) is 34.3 Å². The van der Waals surface area contributed by atoms with E-state index in [2.05, 4.69) is 5.32 Å². The number of rotatable bonds is 5. The Bertz CT molecular complexity index is 1550. The SMILES string of the molecule is O=C(Nc1ccc(F)cc1)c1ccc2nc(-c3ccc([N+](=O)[O-])cc3)cc(-c3ccccc3)c2c1. The van der Waals surface area contributed by atoms with E-state index in [9.17, 15) is 19.3 Å². The number of nitro benzene ring substituents is 1. The molecule has 0 aliphatic rings. The van der Waals surface area contributed by atoms with E-state index in [-0.39, 0.29) is 17.4 Å². The Balaban J connectivity index is 1.59. The van der Waals surface area contributed by atoms with E-state index in [1.165, 1.54) is 36.4 Å². The van der Waals surface area contributed by atoms with Crippen molar-refractivity contribution < 1.29 is 14.1 Å². The zero-order chi connectivity index (χ0) is 24.4. The minimum atomic E-state index is -0.439. The Morgan fingerprint density at radius 1 is 0.829 bits per heavy atom. The van der Waals surface area contributed by atoms with E-state index in [4.69, 9.17) is 4.98 Å². The summed E-state index contributed by atoms with van der Waals surface area (Å²) in [4.78, 5) is 28.2. The molecule has 7 heteroatoms. The van der Waals surface area contributed by atoms with E-state index in [1.54, 1.807) is 30.3 Å². The quantitative estimate of drug-likeness (QED) is 0.228. The first kappa shape index (κ1) is 21.9. The van der Waals surface area contributed by atoms with E-state index < -0.39 is 4.92 Å². The molecule has 170 valence electrons. The molecular formula is C28H18FN3O3. The smallest absolute Gasteiger partial charge is 0.269 e. The summed E-state index contributed by atoms with van der Waals surface area (Å²) in [6.07, 6.45) is 0. The van der Waals surface area contributed by atoms with Crippen molar-refractivity contribution in [1.29, 1.82) is 0 Å². The van der Waals surface area contributed by atoms with E-state index >= 15 is 0 Å². The number of hydrogen-bond donors (Lipinski definition) is 1. The number of benzene rings is 4. The lowest BCUT2D eigenvalue weighted by Crippen LogP contribution is -2.11. The van der Waals surface area contributed by atoms with Gasteiger partial charge in [-0.05, 0) is 71.8 Å². The highest BCUT2D eigenvalue weighted by molar-refractivity contribution is 6.08. The number of carbonyl (C=O) groups is 1. The topological polar surface area (TPSA) is 85.1 Å². The summed E-state index contributed by atoms with van der Waals surface area (Å²) in [6, 6.07) is 28.7. The second kappa shape index (κ2) is 9.15. The monoisotopic (exact) mass is 463 g/mol. The first-order valence-corrected chi connectivity index (χ1v) is 10.8. The van der Waals surface area contributed by atoms with Crippen molar-refractivity contribution in [3.05, 3.63) is 125 Å². The number of carbonyl (C=O) groups excluding carboxylic acids is 1. The number of nitrogens with one attached hydrogen (secondary N) is 1. The third kappa shape index (κ3) is 4.60. The molecule has 0 spiro atoms. The summed E-state index contributed by atoms with van der Waals surface area (Å²) in [7, 11) is 0. The molecule has 0 aliphatic heterocycles. The summed E-state index contributed by atoms with van der Waals surface area (Å²) in [5.41, 5.74) is 4.84. The molecule has 0 unspecified atom stereocenters. The van der Waals surface area contributed by atoms with Crippen molar-refractivity contribution in [1.82, 2.24) is 4.98 Å². The van der Waals surface area contributed by atoms with Crippen LogP contribution in [0.2, 0.25) is 0 Å². The van der Waals surface area contributed by atoms with Crippen LogP contribution >= 0.6 is 0 Å². The van der Waals surface area contributed by atoms with Crippen LogP contribution in [0.25, 0.3) is 33.3 Å². The molecule has 1 heterocycles. The molecular weight excluding hydrogens is 445 g/mol. The van der Waals surface area contributed by atoms with Crippen LogP contribution in [0.4, 0.5) is 15.8 Å². The van der Waals surface area contributed by atoms with Crippen molar-refractivity contribution >= 4 is 28.2 Å². The van der Waals surface area contributed by atoms with E-state index in [0.717, 1.165) is 22.1 Å². The molecule has 0 atom stereocenters. The van der Waals surface area contributed by atoms with Crippen molar-refractivity contribution in [2.75, 3.05) is 5.32 Å². The normalized spacial score (nSPS) is 10.8. The van der Waals surface area contributed by atoms with Gasteiger partial charge in [-0.15, -0.1) is 0 Å². The average Bonchev–Trinajstić information content (AvgIpc) is 2.89. The molecule has 0 fully saturated rings. The van der Waals surface area contributed by atoms with Crippen LogP contribution in [0.1, 0.15) is 10.4 Å². The van der Waals surface area contributed by atoms with E-state index in [1.807, 2.05) is 36.4 Å². The molecule has 35 heavy (non-hydrogen) atoms. The molecule has 1 N–H and O–H groups in total. The summed E-state index contributed by atoms with van der Waals surface area (Å²) < 4.78 is 13.2. The molecule has 5 rings (SSSR count). The molecule has 0 saturated heterocycles. The predicted molar refractivity (Wildman–Crippen MR) is 134 cm³/mol. The lowest BCUT2D eigenvalue weighted by atomic mass is 9.97. The lowest BCUT2D eigenvalue weighted by Gasteiger charge is -2.12. The standard InChI is InChI=1S/C28H18FN3O3/c29-21-9-11-22(12-10-21)30-28(33)20-8-15-26-25(16-20)24(18-4-2-1-3-5-18)17-27(31-26)19-6-13-23(14-7-19)32(34)35/h1-17H,(H,30,33). The van der Waals surface area contributed by atoms with Crippen LogP contribution in [-0.4, -0.2) is 15.8 Å². The molecule has 6 nitrogen and oxygen atoms in total. The summed E-state index contributed by atoms with van der Waals surface area (Å²) >= 11 is 0. The zero-order valence-electron chi connectivity index (χ0n) is 18.3. The fourth-order valence-electron chi connectivity index (χ4n) is 3.86. The van der Waals surface area contributed by atoms with Crippen LogP contribution in [-0.2, 0) is 0 Å². The largest absolute Gasteiger partial charge is 0.322 e. The van der Waals surface area contributed by atoms with Gasteiger partial charge in [0.05, 0.1) is 16.1 Å². The zero-order valence-corrected chi connectivity index (χ0v) is 18.3. The lowest BCUT2D eigenvalue weighted by molar-refractivity contribution is -0.384. The van der Waals surface area contributed by atoms with Crippen LogP contribution in [0.3, 0.4) is 0 Å². The molecule has 0 bridgehead atoms. The number of halogens is 1. The third-order valence-corrected chi connectivity index (χ3v) is 5.63. The number of aromatic nitrogens is 1. The molecule has 0 aliphatic carbocycles. The van der Waals surface area contributed by atoms with Gasteiger partial charge in [0.1, 0.15) is 5.82 Å². The number of fused-ring (bicyclic) bond motifs is 1. The fourth-order valence-corrected chi connectivity index (χ4v) is 3.86. The van der Waals surface area contributed by atoms with Crippen molar-refractivity contribution in [2.24, 2.45) is 0 Å². The van der Waals surface area contributed by atoms with Crippen LogP contribution in [0.15, 0.2) is 103 Å². The maximum atomic E-state index is 13.2. The highest BCUT2D eigenvalue weighted by Crippen LogP contribution is 2.33. The van der Waals surface area contributed by atoms with Crippen molar-refractivity contribution in [3.8, 4) is 22.4 Å². The Kier molecular flexibility index (Phi) is 5.73. The Morgan fingerprint density at radius 3 is 2.23 bits per heavy atom. The van der Waals surface area contributed by atoms with Gasteiger partial charge in [-0.2, -0.15) is 0 Å². The maximum absolute atomic E-state index is 13.2. The van der Waals surface area contributed by atoms with Crippen molar-refractivity contribution in [3.63, 3.8) is 0 Å². The molecule has 0 saturated carbocycles. The Hall–Kier alpha value is -4.91. The predicted octanol–water partition coefficient (Wildman–Crippen LogP) is 6.87. The Morgan fingerprint density at radius 2 is 1.54 bits per heavy atom. The number of non-ortho nitro benzene ring substituents is 1. The summed E-state index contributed by atoms with van der Waals surface area (Å²) in [5, 5.41) is 14.6. The second-order valence-corrected chi connectivity index (χ2v) is 7.92. The first-order chi connectivity index (χ1) is 17.0. The number of amides is 1. The molecule has 5 aromatic rings. The number of nitro groups is 1. The van der Waals surface area contributed by atoms with Gasteiger partial charge in [0.2, 0.25) is 0 Å².